The molecule has 0 radical (unpaired) electrons. The van der Waals surface area contributed by atoms with Crippen molar-refractivity contribution in [1.29, 1.82) is 0 Å². The van der Waals surface area contributed by atoms with E-state index in [9.17, 15) is 4.79 Å². The molecule has 5 nitrogen and oxygen atoms in total. The van der Waals surface area contributed by atoms with Crippen molar-refractivity contribution in [2.75, 3.05) is 11.4 Å². The van der Waals surface area contributed by atoms with Gasteiger partial charge in [-0.2, -0.15) is 15.4 Å². The minimum Gasteiger partial charge on any atom is -0.307 e. The lowest BCUT2D eigenvalue weighted by Gasteiger charge is -2.20. The average Bonchev–Trinajstić information content (AvgIpc) is 2.76. The number of nitrogens with one attached hydrogen (secondary N) is 1. The number of nitrogens with zero attached hydrogens (tertiary/aromatic N) is 3. The van der Waals surface area contributed by atoms with Gasteiger partial charge in [0.15, 0.2) is 5.69 Å². The van der Waals surface area contributed by atoms with E-state index in [4.69, 9.17) is 0 Å². The number of aromatic amines is 1. The summed E-state index contributed by atoms with van der Waals surface area (Å²) in [6, 6.07) is 7.85. The number of rotatable bonds is 3. The lowest BCUT2D eigenvalue weighted by atomic mass is 10.2. The summed E-state index contributed by atoms with van der Waals surface area (Å²) < 4.78 is 0. The average molecular weight is 244 g/mol. The number of amides is 1. The maximum Gasteiger partial charge on any atom is 0.280 e. The van der Waals surface area contributed by atoms with Crippen LogP contribution in [0.15, 0.2) is 24.3 Å². The second-order valence-electron chi connectivity index (χ2n) is 4.15. The summed E-state index contributed by atoms with van der Waals surface area (Å²) in [7, 11) is 0. The van der Waals surface area contributed by atoms with E-state index in [1.54, 1.807) is 11.8 Å². The van der Waals surface area contributed by atoms with Gasteiger partial charge in [-0.1, -0.05) is 12.1 Å². The molecule has 0 aliphatic carbocycles. The second kappa shape index (κ2) is 5.00. The van der Waals surface area contributed by atoms with Crippen molar-refractivity contribution in [3.63, 3.8) is 0 Å². The molecule has 0 bridgehead atoms. The quantitative estimate of drug-likeness (QED) is 0.899. The van der Waals surface area contributed by atoms with Crippen molar-refractivity contribution in [1.82, 2.24) is 15.4 Å². The Kier molecular flexibility index (Phi) is 3.41. The van der Waals surface area contributed by atoms with Crippen molar-refractivity contribution in [3.8, 4) is 0 Å². The summed E-state index contributed by atoms with van der Waals surface area (Å²) in [5.74, 6) is -0.130. The predicted octanol–water partition coefficient (Wildman–Crippen LogP) is 2.09. The monoisotopic (exact) mass is 244 g/mol. The van der Waals surface area contributed by atoms with Crippen molar-refractivity contribution in [2.24, 2.45) is 0 Å². The third-order valence-electron chi connectivity index (χ3n) is 2.80. The van der Waals surface area contributed by atoms with Gasteiger partial charge in [0.1, 0.15) is 0 Å². The number of hydrogen-bond acceptors (Lipinski definition) is 3. The van der Waals surface area contributed by atoms with E-state index in [0.717, 1.165) is 11.3 Å². The number of hydrogen-bond donors (Lipinski definition) is 1. The Morgan fingerprint density at radius 1 is 1.33 bits per heavy atom. The molecule has 94 valence electrons. The molecule has 1 heterocycles. The molecular weight excluding hydrogens is 228 g/mol. The van der Waals surface area contributed by atoms with Crippen LogP contribution in [0.4, 0.5) is 5.69 Å². The first kappa shape index (κ1) is 12.3. The number of aryl methyl sites for hydroxylation is 2. The number of H-pyrrole nitrogens is 1. The summed E-state index contributed by atoms with van der Waals surface area (Å²) in [6.07, 6.45) is 0. The normalized spacial score (nSPS) is 10.4. The topological polar surface area (TPSA) is 61.9 Å². The molecule has 0 unspecified atom stereocenters. The highest BCUT2D eigenvalue weighted by atomic mass is 16.2. The zero-order valence-corrected chi connectivity index (χ0v) is 10.8. The summed E-state index contributed by atoms with van der Waals surface area (Å²) in [5.41, 5.74) is 2.99. The summed E-state index contributed by atoms with van der Waals surface area (Å²) in [6.45, 7) is 6.30. The third-order valence-corrected chi connectivity index (χ3v) is 2.80. The van der Waals surface area contributed by atoms with Crippen LogP contribution >= 0.6 is 0 Å². The molecule has 2 aromatic rings. The number of carbonyl (C=O) groups excluding carboxylic acids is 1. The Balaban J connectivity index is 2.35. The van der Waals surface area contributed by atoms with Gasteiger partial charge in [-0.15, -0.1) is 0 Å². The minimum atomic E-state index is -0.130. The summed E-state index contributed by atoms with van der Waals surface area (Å²) >= 11 is 0. The molecule has 1 amide bonds. The SMILES string of the molecule is CCN(C(=O)c1n[nH]nc1C)c1cccc(C)c1. The van der Waals surface area contributed by atoms with Crippen molar-refractivity contribution in [3.05, 3.63) is 41.2 Å². The first-order valence-corrected chi connectivity index (χ1v) is 5.89. The van der Waals surface area contributed by atoms with Gasteiger partial charge in [0, 0.05) is 12.2 Å². The van der Waals surface area contributed by atoms with E-state index in [1.807, 2.05) is 38.1 Å². The van der Waals surface area contributed by atoms with Crippen LogP contribution in [-0.2, 0) is 0 Å². The van der Waals surface area contributed by atoms with Crippen LogP contribution in [0.3, 0.4) is 0 Å². The Morgan fingerprint density at radius 2 is 2.11 bits per heavy atom. The highest BCUT2D eigenvalue weighted by Crippen LogP contribution is 2.18. The predicted molar refractivity (Wildman–Crippen MR) is 69.6 cm³/mol. The highest BCUT2D eigenvalue weighted by molar-refractivity contribution is 6.05. The molecule has 1 aromatic carbocycles. The zero-order valence-electron chi connectivity index (χ0n) is 10.8. The second-order valence-corrected chi connectivity index (χ2v) is 4.15. The molecule has 0 aliphatic rings. The molecule has 0 saturated carbocycles. The standard InChI is InChI=1S/C13H16N4O/c1-4-17(11-7-5-6-9(2)8-11)13(18)12-10(3)14-16-15-12/h5-8H,4H2,1-3H3,(H,14,15,16). The van der Waals surface area contributed by atoms with Gasteiger partial charge in [0.2, 0.25) is 0 Å². The number of anilines is 1. The zero-order chi connectivity index (χ0) is 13.1. The van der Waals surface area contributed by atoms with Gasteiger partial charge in [-0.25, -0.2) is 0 Å². The van der Waals surface area contributed by atoms with E-state index >= 15 is 0 Å². The molecular formula is C13H16N4O. The van der Waals surface area contributed by atoms with E-state index in [1.165, 1.54) is 0 Å². The van der Waals surface area contributed by atoms with Crippen LogP contribution in [0.2, 0.25) is 0 Å². The fourth-order valence-corrected chi connectivity index (χ4v) is 1.85. The van der Waals surface area contributed by atoms with Gasteiger partial charge in [0.05, 0.1) is 5.69 Å². The largest absolute Gasteiger partial charge is 0.307 e. The third kappa shape index (κ3) is 2.25. The molecule has 0 aliphatic heterocycles. The van der Waals surface area contributed by atoms with Gasteiger partial charge in [-0.3, -0.25) is 4.79 Å². The van der Waals surface area contributed by atoms with Crippen LogP contribution in [0.5, 0.6) is 0 Å². The number of carbonyl (C=O) groups is 1. The maximum atomic E-state index is 12.4. The molecule has 0 saturated heterocycles. The summed E-state index contributed by atoms with van der Waals surface area (Å²) in [4.78, 5) is 14.1. The van der Waals surface area contributed by atoms with E-state index in [0.29, 0.717) is 17.9 Å². The number of benzene rings is 1. The van der Waals surface area contributed by atoms with Crippen LogP contribution in [0.1, 0.15) is 28.7 Å². The minimum absolute atomic E-state index is 0.130. The lowest BCUT2D eigenvalue weighted by molar-refractivity contribution is 0.0983. The van der Waals surface area contributed by atoms with E-state index in [2.05, 4.69) is 15.4 Å². The van der Waals surface area contributed by atoms with Gasteiger partial charge in [0.25, 0.3) is 5.91 Å². The van der Waals surface area contributed by atoms with Crippen molar-refractivity contribution < 1.29 is 4.79 Å². The van der Waals surface area contributed by atoms with Crippen molar-refractivity contribution in [2.45, 2.75) is 20.8 Å². The molecule has 0 spiro atoms. The molecule has 2 rings (SSSR count). The van der Waals surface area contributed by atoms with Gasteiger partial charge < -0.3 is 4.90 Å². The Hall–Kier alpha value is -2.17. The van der Waals surface area contributed by atoms with E-state index in [-0.39, 0.29) is 5.91 Å². The van der Waals surface area contributed by atoms with E-state index < -0.39 is 0 Å². The molecule has 1 aromatic heterocycles. The highest BCUT2D eigenvalue weighted by Gasteiger charge is 2.20. The Bertz CT molecular complexity index is 562. The molecule has 5 heteroatoms. The first-order chi connectivity index (χ1) is 8.63. The maximum absolute atomic E-state index is 12.4. The van der Waals surface area contributed by atoms with Crippen LogP contribution < -0.4 is 4.90 Å². The van der Waals surface area contributed by atoms with Crippen LogP contribution in [0, 0.1) is 13.8 Å². The molecule has 0 fully saturated rings. The fourth-order valence-electron chi connectivity index (χ4n) is 1.85. The van der Waals surface area contributed by atoms with Gasteiger partial charge >= 0.3 is 0 Å². The molecule has 0 atom stereocenters. The Morgan fingerprint density at radius 3 is 2.67 bits per heavy atom. The lowest BCUT2D eigenvalue weighted by Crippen LogP contribution is -2.31. The number of aromatic nitrogens is 3. The summed E-state index contributed by atoms with van der Waals surface area (Å²) in [5, 5.41) is 10.3. The van der Waals surface area contributed by atoms with Crippen molar-refractivity contribution >= 4 is 11.6 Å². The smallest absolute Gasteiger partial charge is 0.280 e. The first-order valence-electron chi connectivity index (χ1n) is 5.89. The van der Waals surface area contributed by atoms with Crippen LogP contribution in [-0.4, -0.2) is 27.9 Å². The molecule has 18 heavy (non-hydrogen) atoms. The molecule has 1 N–H and O–H groups in total. The Labute approximate surface area is 106 Å². The van der Waals surface area contributed by atoms with Crippen LogP contribution in [0.25, 0.3) is 0 Å². The van der Waals surface area contributed by atoms with Gasteiger partial charge in [-0.05, 0) is 38.5 Å². The fraction of sp³-hybridized carbons (Fsp3) is 0.308.